The zero-order valence-corrected chi connectivity index (χ0v) is 22.4. The molecular weight excluding hydrogens is 476 g/mol. The molecule has 1 aliphatic carbocycles. The molecule has 0 aliphatic heterocycles. The zero-order chi connectivity index (χ0) is 26.9. The predicted molar refractivity (Wildman–Crippen MR) is 150 cm³/mol. The highest BCUT2D eigenvalue weighted by molar-refractivity contribution is 5.91. The number of fused-ring (bicyclic) bond motifs is 1. The van der Waals surface area contributed by atoms with Gasteiger partial charge in [-0.3, -0.25) is 4.79 Å². The normalized spacial score (nSPS) is 15.4. The molecule has 0 aromatic heterocycles. The van der Waals surface area contributed by atoms with Gasteiger partial charge in [-0.05, 0) is 90.3 Å². The van der Waals surface area contributed by atoms with Gasteiger partial charge in [-0.1, -0.05) is 69.9 Å². The lowest BCUT2D eigenvalue weighted by atomic mass is 9.84. The summed E-state index contributed by atoms with van der Waals surface area (Å²) < 4.78 is 11.6. The van der Waals surface area contributed by atoms with Crippen LogP contribution in [0.3, 0.4) is 0 Å². The quantitative estimate of drug-likeness (QED) is 0.152. The second kappa shape index (κ2) is 13.3. The molecule has 1 unspecified atom stereocenters. The molecule has 0 saturated carbocycles. The molecule has 0 amide bonds. The summed E-state index contributed by atoms with van der Waals surface area (Å²) in [5, 5.41) is 9.27. The SMILES string of the molecule is CCCCCC[C@H](C)COc1ccc(-c2ccc(C(=O)Oc3ccc4c(c3)CCC(C(=O)O)C4)cc2)cc1. The van der Waals surface area contributed by atoms with Crippen LogP contribution in [-0.4, -0.2) is 23.7 Å². The smallest absolute Gasteiger partial charge is 0.343 e. The van der Waals surface area contributed by atoms with Gasteiger partial charge in [0.1, 0.15) is 11.5 Å². The van der Waals surface area contributed by atoms with E-state index in [1.165, 1.54) is 32.1 Å². The van der Waals surface area contributed by atoms with E-state index in [9.17, 15) is 14.7 Å². The third-order valence-electron chi connectivity index (χ3n) is 7.36. The van der Waals surface area contributed by atoms with E-state index in [1.54, 1.807) is 18.2 Å². The molecule has 4 rings (SSSR count). The molecule has 38 heavy (non-hydrogen) atoms. The van der Waals surface area contributed by atoms with Crippen LogP contribution in [0.25, 0.3) is 11.1 Å². The lowest BCUT2D eigenvalue weighted by molar-refractivity contribution is -0.142. The summed E-state index contributed by atoms with van der Waals surface area (Å²) in [7, 11) is 0. The first kappa shape index (κ1) is 27.4. The molecule has 0 heterocycles. The maximum absolute atomic E-state index is 12.7. The zero-order valence-electron chi connectivity index (χ0n) is 22.4. The highest BCUT2D eigenvalue weighted by Gasteiger charge is 2.24. The number of carbonyl (C=O) groups excluding carboxylic acids is 1. The molecule has 3 aromatic rings. The van der Waals surface area contributed by atoms with Crippen LogP contribution in [-0.2, 0) is 17.6 Å². The van der Waals surface area contributed by atoms with Crippen molar-refractivity contribution in [2.24, 2.45) is 11.8 Å². The Bertz CT molecular complexity index is 1210. The maximum Gasteiger partial charge on any atom is 0.343 e. The maximum atomic E-state index is 12.7. The van der Waals surface area contributed by atoms with Gasteiger partial charge in [0.25, 0.3) is 0 Å². The summed E-state index contributed by atoms with van der Waals surface area (Å²) in [6.07, 6.45) is 8.14. The molecule has 200 valence electrons. The predicted octanol–water partition coefficient (Wildman–Crippen LogP) is 7.75. The number of aryl methyl sites for hydroxylation is 1. The number of carboxylic acid groups (broad SMARTS) is 1. The Kier molecular flexibility index (Phi) is 9.58. The van der Waals surface area contributed by atoms with E-state index < -0.39 is 11.9 Å². The number of carboxylic acids is 1. The van der Waals surface area contributed by atoms with Crippen LogP contribution in [0, 0.1) is 11.8 Å². The standard InChI is InChI=1S/C33H38O5/c1-3-4-5-6-7-23(2)22-37-30-17-14-25(15-18-30)24-8-10-26(11-9-24)33(36)38-31-19-16-27-20-29(32(34)35)13-12-28(27)21-31/h8-11,14-19,21,23,29H,3-7,12-13,20,22H2,1-2H3,(H,34,35)/t23-,29?/m0/s1. The van der Waals surface area contributed by atoms with E-state index in [2.05, 4.69) is 13.8 Å². The second-order valence-corrected chi connectivity index (χ2v) is 10.5. The molecule has 1 N–H and O–H groups in total. The summed E-state index contributed by atoms with van der Waals surface area (Å²) in [6, 6.07) is 20.9. The Hall–Kier alpha value is -3.60. The number of ether oxygens (including phenoxy) is 2. The van der Waals surface area contributed by atoms with Crippen molar-refractivity contribution in [2.75, 3.05) is 6.61 Å². The Morgan fingerprint density at radius 1 is 0.895 bits per heavy atom. The van der Waals surface area contributed by atoms with Crippen LogP contribution in [0.4, 0.5) is 0 Å². The Balaban J connectivity index is 1.29. The summed E-state index contributed by atoms with van der Waals surface area (Å²) in [4.78, 5) is 24.0. The summed E-state index contributed by atoms with van der Waals surface area (Å²) in [6.45, 7) is 5.21. The van der Waals surface area contributed by atoms with Crippen LogP contribution in [0.5, 0.6) is 11.5 Å². The van der Waals surface area contributed by atoms with Gasteiger partial charge in [0.05, 0.1) is 18.1 Å². The van der Waals surface area contributed by atoms with Gasteiger partial charge in [0.2, 0.25) is 0 Å². The summed E-state index contributed by atoms with van der Waals surface area (Å²) >= 11 is 0. The fraction of sp³-hybridized carbons (Fsp3) is 0.394. The van der Waals surface area contributed by atoms with Gasteiger partial charge in [-0.25, -0.2) is 4.79 Å². The molecule has 3 aromatic carbocycles. The average Bonchev–Trinajstić information content (AvgIpc) is 2.94. The molecule has 5 nitrogen and oxygen atoms in total. The van der Waals surface area contributed by atoms with Gasteiger partial charge < -0.3 is 14.6 Å². The van der Waals surface area contributed by atoms with E-state index in [0.717, 1.165) is 34.6 Å². The molecule has 0 radical (unpaired) electrons. The first-order valence-electron chi connectivity index (χ1n) is 13.8. The molecule has 0 saturated heterocycles. The minimum Gasteiger partial charge on any atom is -0.493 e. The summed E-state index contributed by atoms with van der Waals surface area (Å²) in [5.41, 5.74) is 4.61. The highest BCUT2D eigenvalue weighted by atomic mass is 16.5. The van der Waals surface area contributed by atoms with Crippen molar-refractivity contribution in [3.05, 3.63) is 83.4 Å². The Labute approximate surface area is 225 Å². The second-order valence-electron chi connectivity index (χ2n) is 10.5. The summed E-state index contributed by atoms with van der Waals surface area (Å²) in [5.74, 6) is 0.395. The first-order chi connectivity index (χ1) is 18.4. The number of hydrogen-bond acceptors (Lipinski definition) is 4. The van der Waals surface area contributed by atoms with Crippen LogP contribution in [0.2, 0.25) is 0 Å². The van der Waals surface area contributed by atoms with Gasteiger partial charge in [-0.2, -0.15) is 0 Å². The van der Waals surface area contributed by atoms with Gasteiger partial charge in [0.15, 0.2) is 0 Å². The van der Waals surface area contributed by atoms with Crippen LogP contribution >= 0.6 is 0 Å². The van der Waals surface area contributed by atoms with Gasteiger partial charge in [-0.15, -0.1) is 0 Å². The van der Waals surface area contributed by atoms with Gasteiger partial charge >= 0.3 is 11.9 Å². The van der Waals surface area contributed by atoms with Crippen molar-refractivity contribution in [1.29, 1.82) is 0 Å². The Morgan fingerprint density at radius 3 is 2.26 bits per heavy atom. The monoisotopic (exact) mass is 514 g/mol. The van der Waals surface area contributed by atoms with Crippen LogP contribution < -0.4 is 9.47 Å². The number of esters is 1. The third-order valence-corrected chi connectivity index (χ3v) is 7.36. The highest BCUT2D eigenvalue weighted by Crippen LogP contribution is 2.29. The largest absolute Gasteiger partial charge is 0.493 e. The molecular formula is C33H38O5. The first-order valence-corrected chi connectivity index (χ1v) is 13.8. The topological polar surface area (TPSA) is 72.8 Å². The molecule has 5 heteroatoms. The minimum absolute atomic E-state index is 0.341. The van der Waals surface area contributed by atoms with Crippen molar-refractivity contribution in [2.45, 2.75) is 65.2 Å². The fourth-order valence-electron chi connectivity index (χ4n) is 4.96. The number of hydrogen-bond donors (Lipinski definition) is 1. The molecule has 0 fully saturated rings. The molecule has 1 aliphatic rings. The van der Waals surface area contributed by atoms with Crippen molar-refractivity contribution < 1.29 is 24.2 Å². The lowest BCUT2D eigenvalue weighted by Crippen LogP contribution is -2.22. The van der Waals surface area contributed by atoms with Crippen molar-refractivity contribution in [1.82, 2.24) is 0 Å². The van der Waals surface area contributed by atoms with Crippen molar-refractivity contribution in [3.63, 3.8) is 0 Å². The van der Waals surface area contributed by atoms with Crippen molar-refractivity contribution in [3.8, 4) is 22.6 Å². The number of aliphatic carboxylic acids is 1. The number of rotatable bonds is 12. The van der Waals surface area contributed by atoms with E-state index in [1.807, 2.05) is 48.5 Å². The average molecular weight is 515 g/mol. The molecule has 0 bridgehead atoms. The van der Waals surface area contributed by atoms with E-state index in [-0.39, 0.29) is 5.92 Å². The van der Waals surface area contributed by atoms with Crippen LogP contribution in [0.15, 0.2) is 66.7 Å². The number of carbonyl (C=O) groups is 2. The van der Waals surface area contributed by atoms with Crippen molar-refractivity contribution >= 4 is 11.9 Å². The van der Waals surface area contributed by atoms with Crippen LogP contribution in [0.1, 0.15) is 73.9 Å². The third kappa shape index (κ3) is 7.47. The van der Waals surface area contributed by atoms with Gasteiger partial charge in [0, 0.05) is 0 Å². The van der Waals surface area contributed by atoms with E-state index >= 15 is 0 Å². The van der Waals surface area contributed by atoms with E-state index in [4.69, 9.17) is 9.47 Å². The van der Waals surface area contributed by atoms with E-state index in [0.29, 0.717) is 36.5 Å². The molecule has 2 atom stereocenters. The Morgan fingerprint density at radius 2 is 1.58 bits per heavy atom. The number of benzene rings is 3. The molecule has 0 spiro atoms. The minimum atomic E-state index is -0.753. The number of unbranched alkanes of at least 4 members (excludes halogenated alkanes) is 3. The lowest BCUT2D eigenvalue weighted by Gasteiger charge is -2.21. The fourth-order valence-corrected chi connectivity index (χ4v) is 4.96.